The van der Waals surface area contributed by atoms with Crippen molar-refractivity contribution < 1.29 is 8.42 Å². The summed E-state index contributed by atoms with van der Waals surface area (Å²) >= 11 is 1.40. The lowest BCUT2D eigenvalue weighted by molar-refractivity contribution is 0.587. The number of rotatable bonds is 2. The van der Waals surface area contributed by atoms with E-state index in [-0.39, 0.29) is 0 Å². The van der Waals surface area contributed by atoms with E-state index in [1.807, 2.05) is 5.38 Å². The van der Waals surface area contributed by atoms with E-state index in [0.29, 0.717) is 4.90 Å². The molecule has 0 saturated carbocycles. The van der Waals surface area contributed by atoms with Crippen LogP contribution in [-0.2, 0) is 10.0 Å². The van der Waals surface area contributed by atoms with Crippen LogP contribution in [-0.4, -0.2) is 12.4 Å². The van der Waals surface area contributed by atoms with Crippen LogP contribution >= 0.6 is 11.3 Å². The third-order valence-corrected chi connectivity index (χ3v) is 4.75. The average Bonchev–Trinajstić information content (AvgIpc) is 2.72. The van der Waals surface area contributed by atoms with Crippen LogP contribution in [0.15, 0.2) is 40.2 Å². The van der Waals surface area contributed by atoms with Crippen molar-refractivity contribution in [1.82, 2.24) is 3.97 Å². The number of hydrogen-bond acceptors (Lipinski definition) is 3. The molecule has 0 radical (unpaired) electrons. The molecule has 0 atom stereocenters. The summed E-state index contributed by atoms with van der Waals surface area (Å²) in [4.78, 5) is 0.388. The Kier molecular flexibility index (Phi) is 2.20. The Morgan fingerprint density at radius 3 is 2.36 bits per heavy atom. The van der Waals surface area contributed by atoms with Gasteiger partial charge in [-0.2, -0.15) is 11.3 Å². The fraction of sp³-hybridized carbons (Fsp3) is 0.111. The zero-order valence-corrected chi connectivity index (χ0v) is 9.18. The number of aryl methyl sites for hydroxylation is 1. The van der Waals surface area contributed by atoms with E-state index in [0.717, 1.165) is 5.56 Å². The van der Waals surface area contributed by atoms with E-state index in [1.54, 1.807) is 24.4 Å². The third kappa shape index (κ3) is 1.38. The van der Waals surface area contributed by atoms with Gasteiger partial charge in [-0.05, 0) is 30.0 Å². The van der Waals surface area contributed by atoms with E-state index >= 15 is 0 Å². The second-order valence-electron chi connectivity index (χ2n) is 2.94. The summed E-state index contributed by atoms with van der Waals surface area (Å²) in [7, 11) is -3.36. The van der Waals surface area contributed by atoms with Gasteiger partial charge >= 0.3 is 0 Å². The Bertz CT molecular complexity index is 523. The Balaban J connectivity index is 2.60. The molecular weight excluding hydrogens is 218 g/mol. The zero-order valence-electron chi connectivity index (χ0n) is 7.54. The van der Waals surface area contributed by atoms with Gasteiger partial charge in [0.25, 0.3) is 10.0 Å². The van der Waals surface area contributed by atoms with Crippen molar-refractivity contribution in [2.75, 3.05) is 0 Å². The van der Waals surface area contributed by atoms with Gasteiger partial charge in [-0.3, -0.25) is 0 Å². The molecule has 3 nitrogen and oxygen atoms in total. The first-order chi connectivity index (χ1) is 6.62. The Labute approximate surface area is 86.7 Å². The molecule has 0 aromatic carbocycles. The van der Waals surface area contributed by atoms with Crippen LogP contribution in [0.5, 0.6) is 0 Å². The predicted octanol–water partition coefficient (Wildman–Crippen LogP) is 2.10. The summed E-state index contributed by atoms with van der Waals surface area (Å²) in [6.07, 6.45) is 3.07. The Morgan fingerprint density at radius 2 is 1.86 bits per heavy atom. The van der Waals surface area contributed by atoms with Crippen LogP contribution in [0.4, 0.5) is 0 Å². The van der Waals surface area contributed by atoms with Gasteiger partial charge in [-0.25, -0.2) is 12.4 Å². The van der Waals surface area contributed by atoms with Crippen molar-refractivity contribution in [3.8, 4) is 0 Å². The van der Waals surface area contributed by atoms with Crippen molar-refractivity contribution in [2.45, 2.75) is 11.8 Å². The number of aromatic nitrogens is 1. The molecule has 0 fully saturated rings. The lowest BCUT2D eigenvalue weighted by atomic mass is 10.4. The average molecular weight is 227 g/mol. The van der Waals surface area contributed by atoms with Gasteiger partial charge in [0.1, 0.15) is 4.90 Å². The molecule has 74 valence electrons. The topological polar surface area (TPSA) is 39.1 Å². The highest BCUT2D eigenvalue weighted by Crippen LogP contribution is 2.21. The van der Waals surface area contributed by atoms with E-state index < -0.39 is 10.0 Å². The molecule has 2 aromatic rings. The van der Waals surface area contributed by atoms with Gasteiger partial charge in [0.2, 0.25) is 0 Å². The van der Waals surface area contributed by atoms with Crippen molar-refractivity contribution >= 4 is 21.4 Å². The molecule has 2 heterocycles. The maximum absolute atomic E-state index is 11.9. The van der Waals surface area contributed by atoms with Gasteiger partial charge in [0, 0.05) is 17.8 Å². The van der Waals surface area contributed by atoms with Crippen LogP contribution in [0, 0.1) is 6.92 Å². The van der Waals surface area contributed by atoms with E-state index in [2.05, 4.69) is 0 Å². The molecule has 0 N–H and O–H groups in total. The largest absolute Gasteiger partial charge is 0.268 e. The van der Waals surface area contributed by atoms with Crippen LogP contribution in [0.1, 0.15) is 5.56 Å². The smallest absolute Gasteiger partial charge is 0.249 e. The SMILES string of the molecule is Cc1cscc1S(=O)(=O)n1cccc1. The summed E-state index contributed by atoms with van der Waals surface area (Å²) in [6, 6.07) is 3.39. The lowest BCUT2D eigenvalue weighted by Crippen LogP contribution is -2.10. The lowest BCUT2D eigenvalue weighted by Gasteiger charge is -2.03. The summed E-state index contributed by atoms with van der Waals surface area (Å²) < 4.78 is 25.1. The third-order valence-electron chi connectivity index (χ3n) is 1.94. The van der Waals surface area contributed by atoms with Gasteiger partial charge in [0.15, 0.2) is 0 Å². The first-order valence-electron chi connectivity index (χ1n) is 4.04. The second kappa shape index (κ2) is 3.25. The summed E-state index contributed by atoms with van der Waals surface area (Å²) in [5.74, 6) is 0. The van der Waals surface area contributed by atoms with E-state index in [9.17, 15) is 8.42 Å². The van der Waals surface area contributed by atoms with Crippen molar-refractivity contribution in [1.29, 1.82) is 0 Å². The summed E-state index contributed by atoms with van der Waals surface area (Å²) in [5, 5.41) is 3.49. The molecule has 0 aliphatic carbocycles. The Hall–Kier alpha value is -1.07. The summed E-state index contributed by atoms with van der Waals surface area (Å²) in [5.41, 5.74) is 0.795. The molecule has 0 aliphatic heterocycles. The maximum atomic E-state index is 11.9. The molecule has 0 spiro atoms. The van der Waals surface area contributed by atoms with Gasteiger partial charge in [-0.1, -0.05) is 0 Å². The monoisotopic (exact) mass is 227 g/mol. The van der Waals surface area contributed by atoms with Crippen LogP contribution in [0.25, 0.3) is 0 Å². The highest BCUT2D eigenvalue weighted by Gasteiger charge is 2.18. The minimum Gasteiger partial charge on any atom is -0.249 e. The molecule has 5 heteroatoms. The van der Waals surface area contributed by atoms with Crippen LogP contribution in [0.2, 0.25) is 0 Å². The molecule has 0 amide bonds. The minimum atomic E-state index is -3.36. The van der Waals surface area contributed by atoms with Crippen molar-refractivity contribution in [2.24, 2.45) is 0 Å². The number of hydrogen-bond donors (Lipinski definition) is 0. The van der Waals surface area contributed by atoms with Crippen molar-refractivity contribution in [3.05, 3.63) is 40.8 Å². The zero-order chi connectivity index (χ0) is 10.2. The Morgan fingerprint density at radius 1 is 1.21 bits per heavy atom. The first-order valence-corrected chi connectivity index (χ1v) is 6.42. The van der Waals surface area contributed by atoms with Crippen molar-refractivity contribution in [3.63, 3.8) is 0 Å². The van der Waals surface area contributed by atoms with E-state index in [4.69, 9.17) is 0 Å². The normalized spacial score (nSPS) is 11.8. The molecule has 0 aliphatic rings. The van der Waals surface area contributed by atoms with Gasteiger partial charge < -0.3 is 0 Å². The first kappa shape index (κ1) is 9.48. The second-order valence-corrected chi connectivity index (χ2v) is 5.49. The molecule has 0 unspecified atom stereocenters. The summed E-state index contributed by atoms with van der Waals surface area (Å²) in [6.45, 7) is 1.80. The van der Waals surface area contributed by atoms with E-state index in [1.165, 1.54) is 27.7 Å². The fourth-order valence-corrected chi connectivity index (χ4v) is 3.80. The maximum Gasteiger partial charge on any atom is 0.268 e. The number of nitrogens with zero attached hydrogens (tertiary/aromatic N) is 1. The highest BCUT2D eigenvalue weighted by atomic mass is 32.2. The quantitative estimate of drug-likeness (QED) is 0.788. The van der Waals surface area contributed by atoms with Crippen LogP contribution in [0.3, 0.4) is 0 Å². The molecule has 0 bridgehead atoms. The molecule has 14 heavy (non-hydrogen) atoms. The fourth-order valence-electron chi connectivity index (χ4n) is 1.21. The molecular formula is C9H9NO2S2. The minimum absolute atomic E-state index is 0.388. The molecule has 0 saturated heterocycles. The highest BCUT2D eigenvalue weighted by molar-refractivity contribution is 7.90. The van der Waals surface area contributed by atoms with Gasteiger partial charge in [-0.15, -0.1) is 0 Å². The van der Waals surface area contributed by atoms with Crippen LogP contribution < -0.4 is 0 Å². The number of thiophene rings is 1. The molecule has 2 aromatic heterocycles. The standard InChI is InChI=1S/C9H9NO2S2/c1-8-6-13-7-9(8)14(11,12)10-4-2-3-5-10/h2-7H,1H3. The molecule has 2 rings (SSSR count). The van der Waals surface area contributed by atoms with Gasteiger partial charge in [0.05, 0.1) is 0 Å². The predicted molar refractivity (Wildman–Crippen MR) is 56.1 cm³/mol.